The predicted molar refractivity (Wildman–Crippen MR) is 134 cm³/mol. The van der Waals surface area contributed by atoms with Gasteiger partial charge in [0.2, 0.25) is 5.91 Å². The Balaban J connectivity index is 1.29. The van der Waals surface area contributed by atoms with Crippen molar-refractivity contribution in [2.45, 2.75) is 57.1 Å². The van der Waals surface area contributed by atoms with Gasteiger partial charge in [-0.1, -0.05) is 31.0 Å². The quantitative estimate of drug-likeness (QED) is 0.432. The summed E-state index contributed by atoms with van der Waals surface area (Å²) in [6.07, 6.45) is 5.43. The second-order valence-electron chi connectivity index (χ2n) is 10.7. The fourth-order valence-electron chi connectivity index (χ4n) is 6.10. The first-order valence-corrected chi connectivity index (χ1v) is 13.4. The number of benzene rings is 1. The molecule has 3 atom stereocenters. The number of carbonyl (C=O) groups excluding carboxylic acids is 2. The number of carbonyl (C=O) groups is 2. The Bertz CT molecular complexity index is 1340. The molecule has 202 valence electrons. The average molecular weight is 526 g/mol. The van der Waals surface area contributed by atoms with Gasteiger partial charge in [-0.3, -0.25) is 9.59 Å². The van der Waals surface area contributed by atoms with Crippen molar-refractivity contribution in [2.24, 2.45) is 11.8 Å². The van der Waals surface area contributed by atoms with Crippen LogP contribution in [0.5, 0.6) is 0 Å². The minimum absolute atomic E-state index is 0.121. The van der Waals surface area contributed by atoms with Gasteiger partial charge in [-0.2, -0.15) is 0 Å². The summed E-state index contributed by atoms with van der Waals surface area (Å²) < 4.78 is 26.6. The number of hydrogen-bond donors (Lipinski definition) is 3. The molecule has 6 rings (SSSR count). The molecular weight excluding hydrogens is 493 g/mol. The van der Waals surface area contributed by atoms with Crippen molar-refractivity contribution in [1.82, 2.24) is 25.3 Å². The molecule has 0 radical (unpaired) electrons. The third kappa shape index (κ3) is 4.37. The Morgan fingerprint density at radius 1 is 1.26 bits per heavy atom. The van der Waals surface area contributed by atoms with Crippen LogP contribution in [0.25, 0.3) is 11.0 Å². The van der Waals surface area contributed by atoms with Crippen LogP contribution in [0.4, 0.5) is 4.39 Å². The summed E-state index contributed by atoms with van der Waals surface area (Å²) in [6, 6.07) is 3.06. The van der Waals surface area contributed by atoms with E-state index in [-0.39, 0.29) is 36.5 Å². The van der Waals surface area contributed by atoms with E-state index in [4.69, 9.17) is 9.26 Å². The fraction of sp³-hybridized carbons (Fsp3) is 0.556. The lowest BCUT2D eigenvalue weighted by Gasteiger charge is -2.38. The summed E-state index contributed by atoms with van der Waals surface area (Å²) in [5, 5.41) is 16.6. The lowest BCUT2D eigenvalue weighted by atomic mass is 9.86. The maximum Gasteiger partial charge on any atom is 0.257 e. The molecule has 3 aromatic rings. The summed E-state index contributed by atoms with van der Waals surface area (Å²) in [6.45, 7) is 2.97. The van der Waals surface area contributed by atoms with Gasteiger partial charge < -0.3 is 29.6 Å². The first kappa shape index (κ1) is 25.0. The van der Waals surface area contributed by atoms with E-state index in [9.17, 15) is 14.7 Å². The van der Waals surface area contributed by atoms with Crippen LogP contribution >= 0.6 is 0 Å². The number of H-pyrrole nitrogens is 1. The van der Waals surface area contributed by atoms with Gasteiger partial charge in [0, 0.05) is 19.0 Å². The van der Waals surface area contributed by atoms with Crippen LogP contribution in [0.2, 0.25) is 0 Å². The number of aliphatic hydroxyl groups is 1. The summed E-state index contributed by atoms with van der Waals surface area (Å²) in [4.78, 5) is 35.6. The molecule has 0 spiro atoms. The molecule has 2 saturated heterocycles. The van der Waals surface area contributed by atoms with Gasteiger partial charge in [0.15, 0.2) is 5.82 Å². The molecule has 38 heavy (non-hydrogen) atoms. The molecule has 11 heteroatoms. The average Bonchev–Trinajstić information content (AvgIpc) is 3.71. The van der Waals surface area contributed by atoms with Gasteiger partial charge in [0.25, 0.3) is 5.91 Å². The van der Waals surface area contributed by atoms with E-state index in [1.54, 1.807) is 17.0 Å². The molecule has 3 fully saturated rings. The SMILES string of the molecule is CCc1nocc1C(=O)N[C@H](c1nc2c(F)c([C@H]3COC[C@H]3C(=O)N3CC(O)C3)ccc2[nH]1)C1CCCC1. The third-order valence-electron chi connectivity index (χ3n) is 8.29. The lowest BCUT2D eigenvalue weighted by molar-refractivity contribution is -0.146. The van der Waals surface area contributed by atoms with Crippen LogP contribution in [0.1, 0.15) is 72.0 Å². The van der Waals surface area contributed by atoms with Crippen LogP contribution in [0.15, 0.2) is 22.9 Å². The molecule has 1 aromatic carbocycles. The molecule has 1 aliphatic carbocycles. The highest BCUT2D eigenvalue weighted by molar-refractivity contribution is 5.95. The molecular formula is C27H32FN5O5. The van der Waals surface area contributed by atoms with Crippen molar-refractivity contribution in [2.75, 3.05) is 26.3 Å². The second kappa shape index (κ2) is 10.1. The van der Waals surface area contributed by atoms with Crippen LogP contribution in [-0.4, -0.2) is 69.4 Å². The van der Waals surface area contributed by atoms with Gasteiger partial charge in [0.1, 0.15) is 23.2 Å². The largest absolute Gasteiger partial charge is 0.389 e. The molecule has 3 aliphatic rings. The van der Waals surface area contributed by atoms with Gasteiger partial charge in [-0.05, 0) is 36.8 Å². The highest BCUT2D eigenvalue weighted by Crippen LogP contribution is 2.39. The van der Waals surface area contributed by atoms with Crippen LogP contribution in [0, 0.1) is 17.7 Å². The van der Waals surface area contributed by atoms with Crippen LogP contribution < -0.4 is 5.32 Å². The number of imidazole rings is 1. The van der Waals surface area contributed by atoms with E-state index in [1.165, 1.54) is 6.26 Å². The molecule has 2 amide bonds. The van der Waals surface area contributed by atoms with Crippen molar-refractivity contribution in [3.8, 4) is 0 Å². The molecule has 2 aliphatic heterocycles. The maximum absolute atomic E-state index is 15.9. The topological polar surface area (TPSA) is 134 Å². The minimum Gasteiger partial charge on any atom is -0.389 e. The number of likely N-dealkylation sites (tertiary alicyclic amines) is 1. The summed E-state index contributed by atoms with van der Waals surface area (Å²) >= 11 is 0. The number of hydrogen-bond acceptors (Lipinski definition) is 7. The summed E-state index contributed by atoms with van der Waals surface area (Å²) in [5.41, 5.74) is 2.10. The van der Waals surface area contributed by atoms with Crippen LogP contribution in [-0.2, 0) is 16.0 Å². The van der Waals surface area contributed by atoms with E-state index in [1.807, 2.05) is 6.92 Å². The van der Waals surface area contributed by atoms with Crippen molar-refractivity contribution >= 4 is 22.8 Å². The molecule has 0 unspecified atom stereocenters. The fourth-order valence-corrected chi connectivity index (χ4v) is 6.10. The number of halogens is 1. The Morgan fingerprint density at radius 2 is 2.05 bits per heavy atom. The van der Waals surface area contributed by atoms with E-state index < -0.39 is 29.8 Å². The normalized spacial score (nSPS) is 23.2. The predicted octanol–water partition coefficient (Wildman–Crippen LogP) is 2.85. The number of rotatable bonds is 7. The smallest absolute Gasteiger partial charge is 0.257 e. The number of nitrogens with zero attached hydrogens (tertiary/aromatic N) is 3. The Hall–Kier alpha value is -3.31. The number of aliphatic hydroxyl groups excluding tert-OH is 1. The number of fused-ring (bicyclic) bond motifs is 1. The Kier molecular flexibility index (Phi) is 6.65. The zero-order valence-corrected chi connectivity index (χ0v) is 21.3. The monoisotopic (exact) mass is 525 g/mol. The maximum atomic E-state index is 15.9. The number of aromatic nitrogens is 3. The van der Waals surface area contributed by atoms with E-state index in [0.717, 1.165) is 25.7 Å². The molecule has 0 bridgehead atoms. The zero-order chi connectivity index (χ0) is 26.4. The molecule has 1 saturated carbocycles. The van der Waals surface area contributed by atoms with Crippen LogP contribution in [0.3, 0.4) is 0 Å². The Morgan fingerprint density at radius 3 is 2.79 bits per heavy atom. The molecule has 3 N–H and O–H groups in total. The molecule has 2 aromatic heterocycles. The van der Waals surface area contributed by atoms with Gasteiger partial charge in [0.05, 0.1) is 42.5 Å². The summed E-state index contributed by atoms with van der Waals surface area (Å²) in [5.74, 6) is -1.15. The minimum atomic E-state index is -0.505. The lowest BCUT2D eigenvalue weighted by Crippen LogP contribution is -2.55. The highest BCUT2D eigenvalue weighted by Gasteiger charge is 2.42. The van der Waals surface area contributed by atoms with Crippen molar-refractivity contribution < 1.29 is 28.3 Å². The third-order valence-corrected chi connectivity index (χ3v) is 8.29. The molecule has 4 heterocycles. The highest BCUT2D eigenvalue weighted by atomic mass is 19.1. The number of β-amino-alcohol motifs (C(OH)–C–C–N with tert-alkyl or cyclic N) is 1. The zero-order valence-electron chi connectivity index (χ0n) is 21.3. The number of ether oxygens (including phenoxy) is 1. The number of aromatic amines is 1. The number of amides is 2. The van der Waals surface area contributed by atoms with E-state index >= 15 is 4.39 Å². The second-order valence-corrected chi connectivity index (χ2v) is 10.7. The number of nitrogens with one attached hydrogen (secondary N) is 2. The van der Waals surface area contributed by atoms with Crippen molar-refractivity contribution in [3.63, 3.8) is 0 Å². The van der Waals surface area contributed by atoms with E-state index in [0.29, 0.717) is 47.7 Å². The standard InChI is InChI=1S/C27H32FN5O5/c1-2-20-19(13-38-32-20)26(35)31-23(14-5-3-4-6-14)25-29-21-8-7-16(22(28)24(21)30-25)17-11-37-12-18(17)27(36)33-9-15(34)10-33/h7-8,13-15,17-18,23,34H,2-6,9-12H2,1H3,(H,29,30)(H,31,35)/t17-,18-,23+/m1/s1. The van der Waals surface area contributed by atoms with Gasteiger partial charge in [-0.25, -0.2) is 9.37 Å². The van der Waals surface area contributed by atoms with Gasteiger partial charge >= 0.3 is 0 Å². The first-order valence-electron chi connectivity index (χ1n) is 13.4. The van der Waals surface area contributed by atoms with Gasteiger partial charge in [-0.15, -0.1) is 0 Å². The number of aryl methyl sites for hydroxylation is 1. The van der Waals surface area contributed by atoms with Crippen molar-refractivity contribution in [1.29, 1.82) is 0 Å². The first-order chi connectivity index (χ1) is 18.4. The molecule has 10 nitrogen and oxygen atoms in total. The van der Waals surface area contributed by atoms with Crippen molar-refractivity contribution in [3.05, 3.63) is 46.9 Å². The summed E-state index contributed by atoms with van der Waals surface area (Å²) in [7, 11) is 0. The Labute approximate surface area is 218 Å². The van der Waals surface area contributed by atoms with E-state index in [2.05, 4.69) is 20.4 Å².